The molecule has 0 amide bonds. The number of imidazole rings is 1. The van der Waals surface area contributed by atoms with Crippen molar-refractivity contribution in [2.45, 2.75) is 32.4 Å². The Morgan fingerprint density at radius 1 is 1.50 bits per heavy atom. The van der Waals surface area contributed by atoms with Gasteiger partial charge in [-0.3, -0.25) is 0 Å². The van der Waals surface area contributed by atoms with E-state index in [9.17, 15) is 0 Å². The summed E-state index contributed by atoms with van der Waals surface area (Å²) in [6.45, 7) is 2.92. The summed E-state index contributed by atoms with van der Waals surface area (Å²) in [5.74, 6) is 0. The highest BCUT2D eigenvalue weighted by molar-refractivity contribution is 6.32. The van der Waals surface area contributed by atoms with Crippen molar-refractivity contribution in [1.82, 2.24) is 14.9 Å². The van der Waals surface area contributed by atoms with E-state index in [1.165, 1.54) is 0 Å². The van der Waals surface area contributed by atoms with Crippen LogP contribution in [0.15, 0.2) is 0 Å². The fourth-order valence-electron chi connectivity index (χ4n) is 1.43. The van der Waals surface area contributed by atoms with Gasteiger partial charge in [-0.05, 0) is 31.4 Å². The van der Waals surface area contributed by atoms with Gasteiger partial charge in [-0.25, -0.2) is 4.98 Å². The summed E-state index contributed by atoms with van der Waals surface area (Å²) in [6, 6.07) is 0.330. The summed E-state index contributed by atoms with van der Waals surface area (Å²) in [5, 5.41) is 12.9. The van der Waals surface area contributed by atoms with Gasteiger partial charge < -0.3 is 15.0 Å². The molecule has 0 aliphatic carbocycles. The van der Waals surface area contributed by atoms with E-state index in [2.05, 4.69) is 17.2 Å². The first-order chi connectivity index (χ1) is 7.56. The van der Waals surface area contributed by atoms with E-state index in [0.717, 1.165) is 18.5 Å². The molecule has 0 spiro atoms. The number of hydrogen-bond donors (Lipinski definition) is 2. The number of nitrogens with one attached hydrogen (secondary N) is 1. The van der Waals surface area contributed by atoms with Crippen LogP contribution in [0.4, 0.5) is 0 Å². The Morgan fingerprint density at radius 3 is 2.69 bits per heavy atom. The standard InChI is InChI=1S/C10H17Cl2N3O/c1-7(4-3-5-16)13-6-8-9(11)14-10(12)15(8)2/h7,13,16H,3-6H2,1-2H3. The molecule has 0 aliphatic heterocycles. The van der Waals surface area contributed by atoms with Gasteiger partial charge in [-0.1, -0.05) is 11.6 Å². The largest absolute Gasteiger partial charge is 0.396 e. The fourth-order valence-corrected chi connectivity index (χ4v) is 1.94. The normalized spacial score (nSPS) is 13.1. The first-order valence-electron chi connectivity index (χ1n) is 5.27. The van der Waals surface area contributed by atoms with Crippen molar-refractivity contribution in [1.29, 1.82) is 0 Å². The number of aliphatic hydroxyl groups is 1. The molecule has 6 heteroatoms. The molecule has 0 saturated carbocycles. The molecule has 1 aromatic heterocycles. The average molecular weight is 266 g/mol. The van der Waals surface area contributed by atoms with Crippen LogP contribution in [-0.4, -0.2) is 27.3 Å². The lowest BCUT2D eigenvalue weighted by atomic mass is 10.2. The van der Waals surface area contributed by atoms with E-state index in [-0.39, 0.29) is 6.61 Å². The van der Waals surface area contributed by atoms with Crippen LogP contribution in [0, 0.1) is 0 Å². The van der Waals surface area contributed by atoms with Gasteiger partial charge in [0, 0.05) is 26.2 Å². The SMILES string of the molecule is CC(CCCO)NCc1c(Cl)nc(Cl)n1C. The third-order valence-corrected chi connectivity index (χ3v) is 3.16. The first kappa shape index (κ1) is 13.8. The van der Waals surface area contributed by atoms with E-state index in [1.54, 1.807) is 4.57 Å². The predicted molar refractivity (Wildman–Crippen MR) is 65.8 cm³/mol. The van der Waals surface area contributed by atoms with E-state index >= 15 is 0 Å². The molecule has 0 radical (unpaired) electrons. The van der Waals surface area contributed by atoms with Crippen molar-refractivity contribution in [2.75, 3.05) is 6.61 Å². The van der Waals surface area contributed by atoms with Crippen molar-refractivity contribution in [3.63, 3.8) is 0 Å². The number of halogens is 2. The topological polar surface area (TPSA) is 50.1 Å². The Balaban J connectivity index is 2.48. The first-order valence-corrected chi connectivity index (χ1v) is 6.02. The predicted octanol–water partition coefficient (Wildman–Crippen LogP) is 1.98. The van der Waals surface area contributed by atoms with E-state index in [4.69, 9.17) is 28.3 Å². The summed E-state index contributed by atoms with van der Waals surface area (Å²) in [5.41, 5.74) is 0.877. The van der Waals surface area contributed by atoms with E-state index < -0.39 is 0 Å². The maximum Gasteiger partial charge on any atom is 0.204 e. The zero-order chi connectivity index (χ0) is 12.1. The highest BCUT2D eigenvalue weighted by Gasteiger charge is 2.12. The van der Waals surface area contributed by atoms with Gasteiger partial charge in [-0.2, -0.15) is 0 Å². The van der Waals surface area contributed by atoms with E-state index in [1.807, 2.05) is 7.05 Å². The molecule has 1 atom stereocenters. The third kappa shape index (κ3) is 3.63. The van der Waals surface area contributed by atoms with Gasteiger partial charge in [0.1, 0.15) is 0 Å². The van der Waals surface area contributed by atoms with Gasteiger partial charge in [0.2, 0.25) is 5.28 Å². The summed E-state index contributed by atoms with van der Waals surface area (Å²) in [6.07, 6.45) is 1.73. The molecule has 4 nitrogen and oxygen atoms in total. The zero-order valence-corrected chi connectivity index (χ0v) is 11.0. The van der Waals surface area contributed by atoms with Crippen molar-refractivity contribution >= 4 is 23.2 Å². The van der Waals surface area contributed by atoms with Crippen LogP contribution >= 0.6 is 23.2 Å². The van der Waals surface area contributed by atoms with E-state index in [0.29, 0.717) is 23.0 Å². The van der Waals surface area contributed by atoms with Crippen LogP contribution in [0.2, 0.25) is 10.4 Å². The minimum atomic E-state index is 0.227. The Kier molecular flexibility index (Phi) is 5.55. The smallest absolute Gasteiger partial charge is 0.204 e. The van der Waals surface area contributed by atoms with Crippen LogP contribution in [-0.2, 0) is 13.6 Å². The molecular weight excluding hydrogens is 249 g/mol. The molecule has 0 aromatic carbocycles. The van der Waals surface area contributed by atoms with Crippen LogP contribution in [0.1, 0.15) is 25.5 Å². The number of aliphatic hydroxyl groups excluding tert-OH is 1. The molecule has 16 heavy (non-hydrogen) atoms. The minimum absolute atomic E-state index is 0.227. The monoisotopic (exact) mass is 265 g/mol. The van der Waals surface area contributed by atoms with Crippen molar-refractivity contribution < 1.29 is 5.11 Å². The summed E-state index contributed by atoms with van der Waals surface area (Å²) >= 11 is 11.8. The molecule has 1 heterocycles. The molecule has 1 rings (SSSR count). The summed E-state index contributed by atoms with van der Waals surface area (Å²) < 4.78 is 1.76. The third-order valence-electron chi connectivity index (χ3n) is 2.52. The summed E-state index contributed by atoms with van der Waals surface area (Å²) in [4.78, 5) is 3.96. The molecule has 0 fully saturated rings. The van der Waals surface area contributed by atoms with Gasteiger partial charge in [-0.15, -0.1) is 0 Å². The molecule has 92 valence electrons. The number of hydrogen-bond acceptors (Lipinski definition) is 3. The Morgan fingerprint density at radius 2 is 2.19 bits per heavy atom. The summed E-state index contributed by atoms with van der Waals surface area (Å²) in [7, 11) is 1.83. The molecule has 0 saturated heterocycles. The number of aromatic nitrogens is 2. The van der Waals surface area contributed by atoms with Gasteiger partial charge >= 0.3 is 0 Å². The highest BCUT2D eigenvalue weighted by atomic mass is 35.5. The van der Waals surface area contributed by atoms with Gasteiger partial charge in [0.15, 0.2) is 5.15 Å². The molecule has 1 aromatic rings. The van der Waals surface area contributed by atoms with Crippen molar-refractivity contribution in [3.8, 4) is 0 Å². The lowest BCUT2D eigenvalue weighted by Gasteiger charge is -2.13. The van der Waals surface area contributed by atoms with Gasteiger partial charge in [0.25, 0.3) is 0 Å². The second-order valence-corrected chi connectivity index (χ2v) is 4.52. The number of nitrogens with zero attached hydrogens (tertiary/aromatic N) is 2. The van der Waals surface area contributed by atoms with Crippen molar-refractivity contribution in [2.24, 2.45) is 7.05 Å². The van der Waals surface area contributed by atoms with Gasteiger partial charge in [0.05, 0.1) is 5.69 Å². The minimum Gasteiger partial charge on any atom is -0.396 e. The molecule has 2 N–H and O–H groups in total. The number of rotatable bonds is 6. The Hall–Kier alpha value is -0.290. The molecule has 1 unspecified atom stereocenters. The van der Waals surface area contributed by atoms with Crippen LogP contribution in [0.25, 0.3) is 0 Å². The second-order valence-electron chi connectivity index (χ2n) is 3.83. The molecule has 0 aliphatic rings. The van der Waals surface area contributed by atoms with Crippen LogP contribution in [0.3, 0.4) is 0 Å². The lowest BCUT2D eigenvalue weighted by molar-refractivity contribution is 0.276. The zero-order valence-electron chi connectivity index (χ0n) is 9.50. The molecular formula is C10H17Cl2N3O. The van der Waals surface area contributed by atoms with Crippen LogP contribution in [0.5, 0.6) is 0 Å². The maximum absolute atomic E-state index is 8.71. The quantitative estimate of drug-likeness (QED) is 0.827. The highest BCUT2D eigenvalue weighted by Crippen LogP contribution is 2.19. The second kappa shape index (κ2) is 6.45. The lowest BCUT2D eigenvalue weighted by Crippen LogP contribution is -2.26. The average Bonchev–Trinajstić information content (AvgIpc) is 2.48. The Labute approximate surface area is 106 Å². The van der Waals surface area contributed by atoms with Crippen LogP contribution < -0.4 is 5.32 Å². The fraction of sp³-hybridized carbons (Fsp3) is 0.700. The molecule has 0 bridgehead atoms. The van der Waals surface area contributed by atoms with Crippen molar-refractivity contribution in [3.05, 3.63) is 16.1 Å². The Bertz CT molecular complexity index is 341. The maximum atomic E-state index is 8.71.